The number of ether oxygens (including phenoxy) is 2. The zero-order chi connectivity index (χ0) is 17.2. The summed E-state index contributed by atoms with van der Waals surface area (Å²) < 4.78 is 39.8. The monoisotopic (exact) mass is 346 g/mol. The van der Waals surface area contributed by atoms with Crippen LogP contribution in [0.25, 0.3) is 0 Å². The van der Waals surface area contributed by atoms with Crippen LogP contribution in [0.15, 0.2) is 29.2 Å². The molecule has 1 aliphatic heterocycles. The third-order valence-corrected chi connectivity index (χ3v) is 5.29. The van der Waals surface area contributed by atoms with E-state index in [9.17, 15) is 18.6 Å². The molecule has 0 aliphatic carbocycles. The van der Waals surface area contributed by atoms with Crippen LogP contribution in [0.1, 0.15) is 12.5 Å². The fraction of sp³-hybridized carbons (Fsp3) is 0.600. The van der Waals surface area contributed by atoms with Crippen molar-refractivity contribution in [3.05, 3.63) is 29.8 Å². The number of rotatable bonds is 5. The first-order chi connectivity index (χ1) is 10.8. The fourth-order valence-corrected chi connectivity index (χ4v) is 3.30. The van der Waals surface area contributed by atoms with E-state index < -0.39 is 40.6 Å². The van der Waals surface area contributed by atoms with Gasteiger partial charge in [0.15, 0.2) is 6.29 Å². The van der Waals surface area contributed by atoms with Gasteiger partial charge in [-0.25, -0.2) is 0 Å². The first-order valence-corrected chi connectivity index (χ1v) is 8.67. The van der Waals surface area contributed by atoms with Crippen molar-refractivity contribution in [2.45, 2.75) is 43.3 Å². The maximum Gasteiger partial charge on any atom is 0.297 e. The maximum absolute atomic E-state index is 12.2. The van der Waals surface area contributed by atoms with E-state index in [1.54, 1.807) is 19.1 Å². The number of aryl methyl sites for hydroxylation is 1. The van der Waals surface area contributed by atoms with Gasteiger partial charge in [-0.15, -0.1) is 0 Å². The molecule has 7 nitrogen and oxygen atoms in total. The molecule has 0 aromatic heterocycles. The first kappa shape index (κ1) is 18.3. The average molecular weight is 346 g/mol. The number of benzene rings is 1. The van der Waals surface area contributed by atoms with Gasteiger partial charge in [0.1, 0.15) is 6.10 Å². The minimum Gasteiger partial charge on any atom is -0.390 e. The van der Waals surface area contributed by atoms with Crippen LogP contribution in [0, 0.1) is 12.8 Å². The van der Waals surface area contributed by atoms with E-state index in [1.165, 1.54) is 19.2 Å². The van der Waals surface area contributed by atoms with Crippen molar-refractivity contribution in [3.63, 3.8) is 0 Å². The molecule has 0 amide bonds. The second-order valence-electron chi connectivity index (χ2n) is 5.67. The largest absolute Gasteiger partial charge is 0.390 e. The molecule has 1 aromatic rings. The van der Waals surface area contributed by atoms with E-state index in [1.807, 2.05) is 6.92 Å². The highest BCUT2D eigenvalue weighted by atomic mass is 32.2. The molecule has 1 saturated heterocycles. The van der Waals surface area contributed by atoms with Crippen molar-refractivity contribution >= 4 is 10.1 Å². The summed E-state index contributed by atoms with van der Waals surface area (Å²) in [6.07, 6.45) is -4.04. The number of aliphatic hydroxyl groups excluding tert-OH is 2. The number of hydrogen-bond acceptors (Lipinski definition) is 7. The topological polar surface area (TPSA) is 102 Å². The Bertz CT molecular complexity index is 611. The molecule has 8 heteroatoms. The van der Waals surface area contributed by atoms with Crippen molar-refractivity contribution in [1.82, 2.24) is 0 Å². The Morgan fingerprint density at radius 1 is 1.17 bits per heavy atom. The van der Waals surface area contributed by atoms with Gasteiger partial charge in [-0.1, -0.05) is 24.6 Å². The number of methoxy groups -OCH3 is 1. The summed E-state index contributed by atoms with van der Waals surface area (Å²) in [6.45, 7) is 3.22. The second kappa shape index (κ2) is 7.25. The zero-order valence-electron chi connectivity index (χ0n) is 13.2. The number of hydrogen-bond donors (Lipinski definition) is 2. The smallest absolute Gasteiger partial charge is 0.297 e. The van der Waals surface area contributed by atoms with Crippen molar-refractivity contribution < 1.29 is 32.3 Å². The summed E-state index contributed by atoms with van der Waals surface area (Å²) in [6, 6.07) is 6.28. The van der Waals surface area contributed by atoms with Gasteiger partial charge in [-0.2, -0.15) is 8.42 Å². The van der Waals surface area contributed by atoms with Gasteiger partial charge in [-0.05, 0) is 19.1 Å². The van der Waals surface area contributed by atoms with Gasteiger partial charge in [-0.3, -0.25) is 4.18 Å². The van der Waals surface area contributed by atoms with Crippen LogP contribution in [0.2, 0.25) is 0 Å². The van der Waals surface area contributed by atoms with E-state index in [4.69, 9.17) is 13.7 Å². The van der Waals surface area contributed by atoms with Crippen molar-refractivity contribution in [1.29, 1.82) is 0 Å². The Morgan fingerprint density at radius 2 is 1.78 bits per heavy atom. The Kier molecular flexibility index (Phi) is 5.77. The van der Waals surface area contributed by atoms with E-state index in [0.29, 0.717) is 0 Å². The summed E-state index contributed by atoms with van der Waals surface area (Å²) in [4.78, 5) is 0.0513. The Hall–Kier alpha value is -1.03. The van der Waals surface area contributed by atoms with Crippen molar-refractivity contribution in [2.24, 2.45) is 5.92 Å². The van der Waals surface area contributed by atoms with Gasteiger partial charge in [0.25, 0.3) is 10.1 Å². The van der Waals surface area contributed by atoms with Gasteiger partial charge in [0.2, 0.25) is 0 Å². The van der Waals surface area contributed by atoms with E-state index in [0.717, 1.165) is 5.56 Å². The highest BCUT2D eigenvalue weighted by Crippen LogP contribution is 2.27. The van der Waals surface area contributed by atoms with Gasteiger partial charge in [0.05, 0.1) is 23.7 Å². The third-order valence-electron chi connectivity index (χ3n) is 3.99. The second-order valence-corrected chi connectivity index (χ2v) is 7.29. The summed E-state index contributed by atoms with van der Waals surface area (Å²) in [5.41, 5.74) is 0.938. The highest BCUT2D eigenvalue weighted by molar-refractivity contribution is 7.86. The predicted molar refractivity (Wildman–Crippen MR) is 81.2 cm³/mol. The van der Waals surface area contributed by atoms with E-state index in [2.05, 4.69) is 0 Å². The Morgan fingerprint density at radius 3 is 2.35 bits per heavy atom. The lowest BCUT2D eigenvalue weighted by Crippen LogP contribution is -2.55. The molecule has 2 unspecified atom stereocenters. The summed E-state index contributed by atoms with van der Waals surface area (Å²) in [5, 5.41) is 19.8. The molecule has 0 spiro atoms. The van der Waals surface area contributed by atoms with Gasteiger partial charge in [0, 0.05) is 13.0 Å². The van der Waals surface area contributed by atoms with Crippen molar-refractivity contribution in [3.8, 4) is 0 Å². The molecule has 0 radical (unpaired) electrons. The molecule has 0 bridgehead atoms. The highest BCUT2D eigenvalue weighted by Gasteiger charge is 2.42. The minimum atomic E-state index is -3.92. The predicted octanol–water partition coefficient (Wildman–Crippen LogP) is 0.430. The van der Waals surface area contributed by atoms with E-state index in [-0.39, 0.29) is 11.5 Å². The lowest BCUT2D eigenvalue weighted by Gasteiger charge is -2.40. The fourth-order valence-electron chi connectivity index (χ4n) is 2.38. The standard InChI is InChI=1S/C15H22O7S/c1-9-4-6-11(7-5-9)23(18,19)21-8-12-10(2)13(16)14(17)15(20-3)22-12/h4-7,10,12-17H,8H2,1-3H3/t10-,12?,13+,14-,15?/m0/s1. The molecule has 1 aliphatic rings. The molecular weight excluding hydrogens is 324 g/mol. The van der Waals surface area contributed by atoms with Crippen LogP contribution in [-0.4, -0.2) is 56.9 Å². The van der Waals surface area contributed by atoms with Gasteiger partial charge < -0.3 is 19.7 Å². The molecule has 23 heavy (non-hydrogen) atoms. The normalized spacial score (nSPS) is 32.0. The lowest BCUT2D eigenvalue weighted by molar-refractivity contribution is -0.279. The molecular formula is C15H22O7S. The van der Waals surface area contributed by atoms with Crippen LogP contribution >= 0.6 is 0 Å². The van der Waals surface area contributed by atoms with Crippen LogP contribution in [0.5, 0.6) is 0 Å². The third kappa shape index (κ3) is 4.09. The first-order valence-electron chi connectivity index (χ1n) is 7.26. The molecule has 5 atom stereocenters. The quantitative estimate of drug-likeness (QED) is 0.745. The summed E-state index contributed by atoms with van der Waals surface area (Å²) in [5.74, 6) is -0.510. The van der Waals surface area contributed by atoms with Gasteiger partial charge >= 0.3 is 0 Å². The average Bonchev–Trinajstić information content (AvgIpc) is 2.52. The zero-order valence-corrected chi connectivity index (χ0v) is 14.1. The molecule has 1 aromatic carbocycles. The molecule has 1 fully saturated rings. The van der Waals surface area contributed by atoms with Crippen LogP contribution in [0.3, 0.4) is 0 Å². The minimum absolute atomic E-state index is 0.0513. The SMILES string of the molecule is COC1OC(COS(=O)(=O)c2ccc(C)cc2)[C@H](C)[C@@H](O)[C@@H]1O. The van der Waals surface area contributed by atoms with Crippen LogP contribution in [-0.2, 0) is 23.8 Å². The number of aliphatic hydroxyl groups is 2. The van der Waals surface area contributed by atoms with Crippen molar-refractivity contribution in [2.75, 3.05) is 13.7 Å². The molecule has 0 saturated carbocycles. The molecule has 2 N–H and O–H groups in total. The summed E-state index contributed by atoms with van der Waals surface area (Å²) >= 11 is 0. The van der Waals surface area contributed by atoms with Crippen LogP contribution < -0.4 is 0 Å². The molecule has 2 rings (SSSR count). The molecule has 130 valence electrons. The molecule has 1 heterocycles. The lowest BCUT2D eigenvalue weighted by atomic mass is 9.91. The Balaban J connectivity index is 2.05. The Labute approximate surface area is 135 Å². The van der Waals surface area contributed by atoms with E-state index >= 15 is 0 Å². The van der Waals surface area contributed by atoms with Crippen LogP contribution in [0.4, 0.5) is 0 Å². The maximum atomic E-state index is 12.2. The summed E-state index contributed by atoms with van der Waals surface area (Å²) in [7, 11) is -2.59.